The van der Waals surface area contributed by atoms with Gasteiger partial charge < -0.3 is 20.4 Å². The Labute approximate surface area is 195 Å². The highest BCUT2D eigenvalue weighted by atomic mass is 16.3. The van der Waals surface area contributed by atoms with Crippen molar-refractivity contribution in [1.82, 2.24) is 25.0 Å². The molecule has 1 saturated heterocycles. The molecule has 8 heteroatoms. The van der Waals surface area contributed by atoms with Crippen molar-refractivity contribution in [2.75, 3.05) is 13.1 Å². The first-order chi connectivity index (χ1) is 15.9. The molecule has 1 amide bonds. The van der Waals surface area contributed by atoms with Crippen LogP contribution in [0, 0.1) is 0 Å². The molecule has 1 aromatic heterocycles. The first-order valence-electron chi connectivity index (χ1n) is 12.5. The second kappa shape index (κ2) is 8.97. The quantitative estimate of drug-likeness (QED) is 0.612. The number of nitrogens with one attached hydrogen (secondary N) is 1. The van der Waals surface area contributed by atoms with Gasteiger partial charge in [0.1, 0.15) is 11.5 Å². The highest BCUT2D eigenvalue weighted by molar-refractivity contribution is 5.92. The van der Waals surface area contributed by atoms with E-state index in [1.54, 1.807) is 6.07 Å². The molecule has 1 aliphatic heterocycles. The molecule has 1 aromatic carbocycles. The number of aromatic hydroxyl groups is 2. The lowest BCUT2D eigenvalue weighted by Crippen LogP contribution is -2.37. The zero-order valence-corrected chi connectivity index (χ0v) is 19.6. The van der Waals surface area contributed by atoms with Crippen LogP contribution in [0.3, 0.4) is 0 Å². The molecule has 3 aliphatic rings. The van der Waals surface area contributed by atoms with E-state index in [0.717, 1.165) is 44.1 Å². The second-order valence-electron chi connectivity index (χ2n) is 10.3. The molecule has 3 fully saturated rings. The number of carbonyl (C=O) groups excluding carboxylic acids is 1. The van der Waals surface area contributed by atoms with E-state index in [1.165, 1.54) is 32.0 Å². The van der Waals surface area contributed by atoms with E-state index in [4.69, 9.17) is 0 Å². The summed E-state index contributed by atoms with van der Waals surface area (Å²) in [5, 5.41) is 32.8. The number of aromatic nitrogens is 3. The van der Waals surface area contributed by atoms with Crippen molar-refractivity contribution in [3.05, 3.63) is 23.5 Å². The molecular formula is C25H35N5O3. The van der Waals surface area contributed by atoms with Crippen molar-refractivity contribution in [3.63, 3.8) is 0 Å². The Bertz CT molecular complexity index is 1020. The van der Waals surface area contributed by atoms with Gasteiger partial charge in [0.2, 0.25) is 5.82 Å². The van der Waals surface area contributed by atoms with Crippen LogP contribution in [-0.4, -0.2) is 61.0 Å². The van der Waals surface area contributed by atoms with Crippen LogP contribution in [0.25, 0.3) is 11.4 Å². The number of likely N-dealkylation sites (tertiary alicyclic amines) is 1. The van der Waals surface area contributed by atoms with Gasteiger partial charge in [0.25, 0.3) is 5.91 Å². The van der Waals surface area contributed by atoms with Crippen molar-refractivity contribution >= 4 is 5.91 Å². The van der Waals surface area contributed by atoms with Crippen LogP contribution >= 0.6 is 0 Å². The topological polar surface area (TPSA) is 104 Å². The smallest absolute Gasteiger partial charge is 0.289 e. The largest absolute Gasteiger partial charge is 0.508 e. The number of phenols is 2. The average molecular weight is 454 g/mol. The maximum absolute atomic E-state index is 13.0. The lowest BCUT2D eigenvalue weighted by Gasteiger charge is -2.35. The van der Waals surface area contributed by atoms with Gasteiger partial charge in [-0.25, -0.2) is 0 Å². The number of hydrogen-bond donors (Lipinski definition) is 3. The lowest BCUT2D eigenvalue weighted by atomic mass is 9.89. The Morgan fingerprint density at radius 2 is 1.64 bits per heavy atom. The third-order valence-electron chi connectivity index (χ3n) is 7.51. The minimum absolute atomic E-state index is 0.0505. The standard InChI is InChI=1S/C25H35N5O3/c1-15(2)19-13-20(22(32)14-21(19)31)23-27-28-24(25(33)26-16-5-6-16)30(23)18-9-7-17(8-10-18)29-11-3-4-12-29/h13-18,31-32H,3-12H2,1-2H3,(H,26,33). The number of benzene rings is 1. The van der Waals surface area contributed by atoms with Gasteiger partial charge in [-0.15, -0.1) is 10.2 Å². The van der Waals surface area contributed by atoms with E-state index in [-0.39, 0.29) is 35.4 Å². The molecule has 0 bridgehead atoms. The summed E-state index contributed by atoms with van der Waals surface area (Å²) in [6.45, 7) is 6.38. The fraction of sp³-hybridized carbons (Fsp3) is 0.640. The Kier molecular flexibility index (Phi) is 6.03. The molecule has 3 N–H and O–H groups in total. The molecule has 33 heavy (non-hydrogen) atoms. The summed E-state index contributed by atoms with van der Waals surface area (Å²) in [7, 11) is 0. The Balaban J connectivity index is 1.49. The van der Waals surface area contributed by atoms with E-state index < -0.39 is 0 Å². The van der Waals surface area contributed by atoms with Gasteiger partial charge in [-0.05, 0) is 82.0 Å². The van der Waals surface area contributed by atoms with Crippen LogP contribution < -0.4 is 5.32 Å². The predicted molar refractivity (Wildman–Crippen MR) is 125 cm³/mol. The molecule has 5 rings (SSSR count). The molecular weight excluding hydrogens is 418 g/mol. The number of rotatable bonds is 6. The molecule has 0 spiro atoms. The van der Waals surface area contributed by atoms with Crippen molar-refractivity contribution in [1.29, 1.82) is 0 Å². The fourth-order valence-corrected chi connectivity index (χ4v) is 5.48. The van der Waals surface area contributed by atoms with Crippen molar-refractivity contribution in [3.8, 4) is 22.9 Å². The normalized spacial score (nSPS) is 23.8. The summed E-state index contributed by atoms with van der Waals surface area (Å²) < 4.78 is 1.95. The molecule has 2 saturated carbocycles. The van der Waals surface area contributed by atoms with Gasteiger partial charge in [-0.2, -0.15) is 0 Å². The van der Waals surface area contributed by atoms with Crippen LogP contribution in [0.4, 0.5) is 0 Å². The molecule has 0 atom stereocenters. The third-order valence-corrected chi connectivity index (χ3v) is 7.51. The van der Waals surface area contributed by atoms with Gasteiger partial charge in [-0.3, -0.25) is 9.36 Å². The van der Waals surface area contributed by atoms with Crippen LogP contribution in [0.2, 0.25) is 0 Å². The van der Waals surface area contributed by atoms with E-state index in [9.17, 15) is 15.0 Å². The third kappa shape index (κ3) is 4.45. The number of carbonyl (C=O) groups is 1. The van der Waals surface area contributed by atoms with Crippen LogP contribution in [0.1, 0.15) is 93.4 Å². The summed E-state index contributed by atoms with van der Waals surface area (Å²) in [6, 6.07) is 4.10. The number of phenolic OH excluding ortho intramolecular Hbond substituents is 2. The molecule has 0 unspecified atom stereocenters. The van der Waals surface area contributed by atoms with E-state index >= 15 is 0 Å². The van der Waals surface area contributed by atoms with E-state index in [2.05, 4.69) is 20.4 Å². The fourth-order valence-electron chi connectivity index (χ4n) is 5.48. The maximum atomic E-state index is 13.0. The maximum Gasteiger partial charge on any atom is 0.289 e. The van der Waals surface area contributed by atoms with Gasteiger partial charge >= 0.3 is 0 Å². The molecule has 2 heterocycles. The molecule has 2 aliphatic carbocycles. The zero-order chi connectivity index (χ0) is 23.1. The first kappa shape index (κ1) is 22.2. The molecule has 178 valence electrons. The van der Waals surface area contributed by atoms with Crippen molar-refractivity contribution < 1.29 is 15.0 Å². The molecule has 8 nitrogen and oxygen atoms in total. The van der Waals surface area contributed by atoms with Gasteiger partial charge in [-0.1, -0.05) is 13.8 Å². The summed E-state index contributed by atoms with van der Waals surface area (Å²) in [4.78, 5) is 15.7. The Morgan fingerprint density at radius 3 is 2.27 bits per heavy atom. The summed E-state index contributed by atoms with van der Waals surface area (Å²) in [5.74, 6) is 0.718. The van der Waals surface area contributed by atoms with Crippen LogP contribution in [-0.2, 0) is 0 Å². The first-order valence-corrected chi connectivity index (χ1v) is 12.5. The Hall–Kier alpha value is -2.61. The highest BCUT2D eigenvalue weighted by Gasteiger charge is 2.34. The highest BCUT2D eigenvalue weighted by Crippen LogP contribution is 2.41. The lowest BCUT2D eigenvalue weighted by molar-refractivity contribution is 0.0929. The van der Waals surface area contributed by atoms with Crippen LogP contribution in [0.5, 0.6) is 11.5 Å². The van der Waals surface area contributed by atoms with Crippen LogP contribution in [0.15, 0.2) is 12.1 Å². The Morgan fingerprint density at radius 1 is 0.970 bits per heavy atom. The summed E-state index contributed by atoms with van der Waals surface area (Å²) in [6.07, 6.45) is 8.67. The van der Waals surface area contributed by atoms with E-state index in [0.29, 0.717) is 23.3 Å². The minimum Gasteiger partial charge on any atom is -0.508 e. The zero-order valence-electron chi connectivity index (χ0n) is 19.6. The minimum atomic E-state index is -0.194. The summed E-state index contributed by atoms with van der Waals surface area (Å²) in [5.41, 5.74) is 1.25. The number of amides is 1. The van der Waals surface area contributed by atoms with Crippen molar-refractivity contribution in [2.45, 2.75) is 89.3 Å². The van der Waals surface area contributed by atoms with Gasteiger partial charge in [0.15, 0.2) is 5.82 Å². The average Bonchev–Trinajstić information content (AvgIpc) is 3.26. The SMILES string of the molecule is CC(C)c1cc(-c2nnc(C(=O)NC3CC3)n2C2CCC(N3CCCC3)CC2)c(O)cc1O. The second-order valence-corrected chi connectivity index (χ2v) is 10.3. The number of hydrogen-bond acceptors (Lipinski definition) is 6. The molecule has 0 radical (unpaired) electrons. The predicted octanol–water partition coefficient (Wildman–Crippen LogP) is 3.95. The number of nitrogens with zero attached hydrogens (tertiary/aromatic N) is 4. The van der Waals surface area contributed by atoms with E-state index in [1.807, 2.05) is 18.4 Å². The van der Waals surface area contributed by atoms with Gasteiger partial charge in [0, 0.05) is 24.2 Å². The molecule has 2 aromatic rings. The van der Waals surface area contributed by atoms with Gasteiger partial charge in [0.05, 0.1) is 5.56 Å². The summed E-state index contributed by atoms with van der Waals surface area (Å²) >= 11 is 0. The van der Waals surface area contributed by atoms with Crippen molar-refractivity contribution in [2.24, 2.45) is 0 Å². The monoisotopic (exact) mass is 453 g/mol.